The molecule has 2 nitrogen and oxygen atoms in total. The molecule has 2 aromatic heterocycles. The summed E-state index contributed by atoms with van der Waals surface area (Å²) in [5, 5.41) is 4.63. The van der Waals surface area contributed by atoms with E-state index in [0.717, 1.165) is 15.0 Å². The summed E-state index contributed by atoms with van der Waals surface area (Å²) in [7, 11) is 0. The Balaban J connectivity index is 2.43. The van der Waals surface area contributed by atoms with Crippen molar-refractivity contribution < 1.29 is 0 Å². The van der Waals surface area contributed by atoms with Gasteiger partial charge in [0.05, 0.1) is 9.48 Å². The van der Waals surface area contributed by atoms with E-state index >= 15 is 0 Å². The van der Waals surface area contributed by atoms with Gasteiger partial charge in [0, 0.05) is 16.3 Å². The van der Waals surface area contributed by atoms with Gasteiger partial charge in [-0.25, -0.2) is 4.98 Å². The molecule has 0 fully saturated rings. The fourth-order valence-corrected chi connectivity index (χ4v) is 2.59. The molecule has 12 heavy (non-hydrogen) atoms. The number of anilines is 1. The van der Waals surface area contributed by atoms with Crippen molar-refractivity contribution in [3.63, 3.8) is 0 Å². The first kappa shape index (κ1) is 8.22. The second kappa shape index (κ2) is 3.16. The summed E-state index contributed by atoms with van der Waals surface area (Å²) in [6.45, 7) is 0. The highest BCUT2D eigenvalue weighted by Gasteiger charge is 2.03. The van der Waals surface area contributed by atoms with Crippen molar-refractivity contribution in [2.75, 3.05) is 5.73 Å². The number of hydrogen-bond acceptors (Lipinski definition) is 4. The minimum absolute atomic E-state index is 0.618. The Bertz CT molecular complexity index is 355. The lowest BCUT2D eigenvalue weighted by Gasteiger charge is -1.85. The molecule has 0 aliphatic heterocycles. The first-order chi connectivity index (χ1) is 5.75. The van der Waals surface area contributed by atoms with E-state index in [4.69, 9.17) is 5.73 Å². The van der Waals surface area contributed by atoms with Crippen LogP contribution in [0.15, 0.2) is 20.6 Å². The molecule has 0 aliphatic carbocycles. The Hall–Kier alpha value is -0.390. The van der Waals surface area contributed by atoms with Crippen LogP contribution in [0.1, 0.15) is 0 Å². The highest BCUT2D eigenvalue weighted by molar-refractivity contribution is 9.11. The molecular formula is C7H5BrN2S2. The third-order valence-corrected chi connectivity index (χ3v) is 3.56. The van der Waals surface area contributed by atoms with E-state index in [1.165, 1.54) is 11.3 Å². The van der Waals surface area contributed by atoms with Crippen LogP contribution < -0.4 is 5.73 Å². The maximum absolute atomic E-state index is 5.52. The second-order valence-corrected chi connectivity index (χ2v) is 5.39. The van der Waals surface area contributed by atoms with Gasteiger partial charge >= 0.3 is 0 Å². The number of nitrogens with two attached hydrogens (primary N) is 1. The number of thiazole rings is 1. The quantitative estimate of drug-likeness (QED) is 0.856. The van der Waals surface area contributed by atoms with Gasteiger partial charge in [-0.15, -0.1) is 22.7 Å². The van der Waals surface area contributed by atoms with Gasteiger partial charge in [0.1, 0.15) is 0 Å². The number of halogens is 1. The average molecular weight is 261 g/mol. The normalized spacial score (nSPS) is 10.4. The summed E-state index contributed by atoms with van der Waals surface area (Å²) in [5.41, 5.74) is 7.60. The SMILES string of the molecule is Nc1nc(-c2csc(Br)c2)cs1. The van der Waals surface area contributed by atoms with Crippen LogP contribution in [0.25, 0.3) is 11.3 Å². The van der Waals surface area contributed by atoms with Crippen LogP contribution in [-0.2, 0) is 0 Å². The molecule has 0 saturated carbocycles. The minimum Gasteiger partial charge on any atom is -0.375 e. The summed E-state index contributed by atoms with van der Waals surface area (Å²) in [6, 6.07) is 2.04. The van der Waals surface area contributed by atoms with Crippen LogP contribution in [0.5, 0.6) is 0 Å². The van der Waals surface area contributed by atoms with Crippen LogP contribution in [0.3, 0.4) is 0 Å². The monoisotopic (exact) mass is 260 g/mol. The van der Waals surface area contributed by atoms with Gasteiger partial charge in [0.25, 0.3) is 0 Å². The van der Waals surface area contributed by atoms with Gasteiger partial charge in [0.15, 0.2) is 5.13 Å². The van der Waals surface area contributed by atoms with Crippen molar-refractivity contribution in [2.24, 2.45) is 0 Å². The number of aromatic nitrogens is 1. The zero-order valence-corrected chi connectivity index (χ0v) is 9.17. The van der Waals surface area contributed by atoms with Crippen molar-refractivity contribution in [2.45, 2.75) is 0 Å². The molecule has 0 unspecified atom stereocenters. The van der Waals surface area contributed by atoms with Crippen LogP contribution in [-0.4, -0.2) is 4.98 Å². The van der Waals surface area contributed by atoms with Gasteiger partial charge in [-0.05, 0) is 22.0 Å². The summed E-state index contributed by atoms with van der Waals surface area (Å²) < 4.78 is 1.11. The Labute approximate surface area is 86.2 Å². The van der Waals surface area contributed by atoms with E-state index in [-0.39, 0.29) is 0 Å². The number of thiophene rings is 1. The summed E-state index contributed by atoms with van der Waals surface area (Å²) in [4.78, 5) is 4.18. The third kappa shape index (κ3) is 1.53. The van der Waals surface area contributed by atoms with E-state index in [1.807, 2.05) is 11.4 Å². The summed E-state index contributed by atoms with van der Waals surface area (Å²) >= 11 is 6.51. The number of nitrogens with zero attached hydrogens (tertiary/aromatic N) is 1. The first-order valence-corrected chi connectivity index (χ1v) is 5.76. The van der Waals surface area contributed by atoms with Crippen molar-refractivity contribution in [1.29, 1.82) is 0 Å². The molecule has 0 atom stereocenters. The zero-order chi connectivity index (χ0) is 8.55. The van der Waals surface area contributed by atoms with E-state index < -0.39 is 0 Å². The molecule has 2 rings (SSSR count). The fourth-order valence-electron chi connectivity index (χ4n) is 0.865. The topological polar surface area (TPSA) is 38.9 Å². The Kier molecular flexibility index (Phi) is 2.16. The standard InChI is InChI=1S/C7H5BrN2S2/c8-6-1-4(2-11-6)5-3-12-7(9)10-5/h1-3H,(H2,9,10). The van der Waals surface area contributed by atoms with Crippen LogP contribution in [0.4, 0.5) is 5.13 Å². The molecule has 2 aromatic rings. The van der Waals surface area contributed by atoms with Gasteiger partial charge in [-0.3, -0.25) is 0 Å². The highest BCUT2D eigenvalue weighted by Crippen LogP contribution is 2.30. The fraction of sp³-hybridized carbons (Fsp3) is 0. The molecule has 0 radical (unpaired) electrons. The lowest BCUT2D eigenvalue weighted by molar-refractivity contribution is 1.42. The lowest BCUT2D eigenvalue weighted by atomic mass is 10.3. The molecular weight excluding hydrogens is 256 g/mol. The Morgan fingerprint density at radius 1 is 1.33 bits per heavy atom. The molecule has 2 heterocycles. The molecule has 0 saturated heterocycles. The van der Waals surface area contributed by atoms with E-state index in [9.17, 15) is 0 Å². The highest BCUT2D eigenvalue weighted by atomic mass is 79.9. The lowest BCUT2D eigenvalue weighted by Crippen LogP contribution is -1.81. The Morgan fingerprint density at radius 3 is 2.67 bits per heavy atom. The second-order valence-electron chi connectivity index (χ2n) is 2.21. The summed E-state index contributed by atoms with van der Waals surface area (Å²) in [6.07, 6.45) is 0. The number of nitrogen functional groups attached to an aromatic ring is 1. The molecule has 2 N–H and O–H groups in total. The van der Waals surface area contributed by atoms with Crippen LogP contribution >= 0.6 is 38.6 Å². The van der Waals surface area contributed by atoms with Crippen LogP contribution in [0, 0.1) is 0 Å². The minimum atomic E-state index is 0.618. The van der Waals surface area contributed by atoms with Crippen molar-refractivity contribution in [1.82, 2.24) is 4.98 Å². The third-order valence-electron chi connectivity index (χ3n) is 1.39. The largest absolute Gasteiger partial charge is 0.375 e. The maximum Gasteiger partial charge on any atom is 0.180 e. The predicted octanol–water partition coefficient (Wildman–Crippen LogP) is 3.22. The van der Waals surface area contributed by atoms with Crippen molar-refractivity contribution in [3.8, 4) is 11.3 Å². The number of hydrogen-bond donors (Lipinski definition) is 1. The Morgan fingerprint density at radius 2 is 2.17 bits per heavy atom. The molecule has 62 valence electrons. The van der Waals surface area contributed by atoms with E-state index in [2.05, 4.69) is 26.3 Å². The van der Waals surface area contributed by atoms with E-state index in [1.54, 1.807) is 11.3 Å². The van der Waals surface area contributed by atoms with Crippen LogP contribution in [0.2, 0.25) is 0 Å². The molecule has 0 amide bonds. The smallest absolute Gasteiger partial charge is 0.180 e. The molecule has 0 aliphatic rings. The van der Waals surface area contributed by atoms with Gasteiger partial charge in [-0.2, -0.15) is 0 Å². The van der Waals surface area contributed by atoms with Gasteiger partial charge in [-0.1, -0.05) is 0 Å². The maximum atomic E-state index is 5.52. The van der Waals surface area contributed by atoms with Crippen molar-refractivity contribution >= 4 is 43.7 Å². The van der Waals surface area contributed by atoms with Gasteiger partial charge in [0.2, 0.25) is 0 Å². The van der Waals surface area contributed by atoms with Crippen molar-refractivity contribution in [3.05, 3.63) is 20.6 Å². The number of rotatable bonds is 1. The van der Waals surface area contributed by atoms with Gasteiger partial charge < -0.3 is 5.73 Å². The zero-order valence-electron chi connectivity index (χ0n) is 5.95. The molecule has 0 aromatic carbocycles. The molecule has 5 heteroatoms. The predicted molar refractivity (Wildman–Crippen MR) is 57.5 cm³/mol. The molecule has 0 bridgehead atoms. The first-order valence-electron chi connectivity index (χ1n) is 3.21. The molecule has 0 spiro atoms. The summed E-state index contributed by atoms with van der Waals surface area (Å²) in [5.74, 6) is 0. The average Bonchev–Trinajstić information content (AvgIpc) is 2.58. The van der Waals surface area contributed by atoms with E-state index in [0.29, 0.717) is 5.13 Å².